The van der Waals surface area contributed by atoms with Crippen LogP contribution in [-0.2, 0) is 9.53 Å². The molecule has 2 aliphatic heterocycles. The van der Waals surface area contributed by atoms with Gasteiger partial charge in [-0.25, -0.2) is 9.79 Å². The molecule has 1 fully saturated rings. The number of carbonyl (C=O) groups is 1. The lowest BCUT2D eigenvalue weighted by Gasteiger charge is -2.30. The van der Waals surface area contributed by atoms with Gasteiger partial charge in [-0.2, -0.15) is 0 Å². The van der Waals surface area contributed by atoms with Gasteiger partial charge in [0.25, 0.3) is 5.56 Å². The SMILES string of the molecule is CC[C@]12CNC(NC(C)=O)=N[C@@H](C1O)[C@H](n1cc(C)c(=O)[nH]c1=O)O2. The zero-order valence-electron chi connectivity index (χ0n) is 14.2. The van der Waals surface area contributed by atoms with Crippen LogP contribution in [0.15, 0.2) is 20.8 Å². The Morgan fingerprint density at radius 3 is 2.92 bits per heavy atom. The van der Waals surface area contributed by atoms with E-state index in [-0.39, 0.29) is 18.4 Å². The number of ether oxygens (including phenoxy) is 1. The van der Waals surface area contributed by atoms with E-state index in [9.17, 15) is 19.5 Å². The molecule has 4 N–H and O–H groups in total. The van der Waals surface area contributed by atoms with Crippen molar-refractivity contribution in [1.29, 1.82) is 0 Å². The van der Waals surface area contributed by atoms with Crippen molar-refractivity contribution >= 4 is 11.9 Å². The largest absolute Gasteiger partial charge is 0.388 e. The van der Waals surface area contributed by atoms with Crippen LogP contribution >= 0.6 is 0 Å². The van der Waals surface area contributed by atoms with E-state index < -0.39 is 35.2 Å². The molecule has 0 radical (unpaired) electrons. The number of hydrogen-bond acceptors (Lipinski definition) is 7. The normalized spacial score (nSPS) is 31.0. The van der Waals surface area contributed by atoms with Crippen molar-refractivity contribution in [2.75, 3.05) is 6.54 Å². The quantitative estimate of drug-likeness (QED) is 0.504. The highest BCUT2D eigenvalue weighted by Crippen LogP contribution is 2.41. The second-order valence-electron chi connectivity index (χ2n) is 6.35. The molecule has 3 rings (SSSR count). The van der Waals surface area contributed by atoms with E-state index in [0.29, 0.717) is 12.0 Å². The Morgan fingerprint density at radius 1 is 1.56 bits per heavy atom. The number of aliphatic hydroxyl groups excluding tert-OH is 1. The summed E-state index contributed by atoms with van der Waals surface area (Å²) in [5.74, 6) is -0.0899. The van der Waals surface area contributed by atoms with Gasteiger partial charge < -0.3 is 15.2 Å². The third kappa shape index (κ3) is 2.87. The van der Waals surface area contributed by atoms with Crippen LogP contribution in [-0.4, -0.2) is 50.8 Å². The lowest BCUT2D eigenvalue weighted by molar-refractivity contribution is -0.117. The molecule has 0 aromatic carbocycles. The summed E-state index contributed by atoms with van der Waals surface area (Å²) in [4.78, 5) is 41.7. The first-order valence-corrected chi connectivity index (χ1v) is 8.04. The summed E-state index contributed by atoms with van der Waals surface area (Å²) in [5, 5.41) is 16.3. The smallest absolute Gasteiger partial charge is 0.330 e. The molecule has 3 heterocycles. The number of H-pyrrole nitrogens is 1. The van der Waals surface area contributed by atoms with Crippen molar-refractivity contribution in [3.63, 3.8) is 0 Å². The Bertz CT molecular complexity index is 843. The van der Waals surface area contributed by atoms with E-state index in [1.54, 1.807) is 6.92 Å². The van der Waals surface area contributed by atoms with Crippen LogP contribution in [0.4, 0.5) is 0 Å². The van der Waals surface area contributed by atoms with Crippen molar-refractivity contribution in [2.45, 2.75) is 51.2 Å². The number of aliphatic imine (C=N–C) groups is 1. The number of aromatic nitrogens is 2. The summed E-state index contributed by atoms with van der Waals surface area (Å²) in [6, 6.07) is -0.820. The minimum atomic E-state index is -0.986. The van der Waals surface area contributed by atoms with Crippen molar-refractivity contribution in [1.82, 2.24) is 20.2 Å². The Hall–Kier alpha value is -2.46. The molecule has 0 spiro atoms. The van der Waals surface area contributed by atoms with Crippen molar-refractivity contribution in [3.8, 4) is 0 Å². The van der Waals surface area contributed by atoms with Crippen molar-refractivity contribution in [2.24, 2.45) is 4.99 Å². The summed E-state index contributed by atoms with van der Waals surface area (Å²) in [5.41, 5.74) is -1.75. The van der Waals surface area contributed by atoms with Gasteiger partial charge in [0.2, 0.25) is 5.91 Å². The Morgan fingerprint density at radius 2 is 2.28 bits per heavy atom. The van der Waals surface area contributed by atoms with E-state index in [0.717, 1.165) is 0 Å². The fourth-order valence-electron chi connectivity index (χ4n) is 3.21. The highest BCUT2D eigenvalue weighted by Gasteiger charge is 2.56. The van der Waals surface area contributed by atoms with Crippen LogP contribution in [0.1, 0.15) is 32.1 Å². The molecule has 10 heteroatoms. The average molecular weight is 351 g/mol. The standard InChI is InChI=1S/C15H21N5O5/c1-4-15-6-16-13(17-8(3)21)18-9(10(15)22)12(25-15)20-5-7(2)11(23)19-14(20)24/h5,9-10,12,22H,4,6H2,1-3H3,(H,19,23,24)(H2,16,17,18,21)/t9-,10?,12+,15-/m0/s1. The molecule has 1 unspecified atom stereocenters. The maximum absolute atomic E-state index is 12.2. The van der Waals surface area contributed by atoms with Gasteiger partial charge in [0.15, 0.2) is 12.2 Å². The fourth-order valence-corrected chi connectivity index (χ4v) is 3.21. The molecule has 1 aromatic rings. The third-order valence-corrected chi connectivity index (χ3v) is 4.66. The molecule has 1 amide bonds. The van der Waals surface area contributed by atoms with Gasteiger partial charge in [-0.05, 0) is 13.3 Å². The van der Waals surface area contributed by atoms with Gasteiger partial charge in [0.05, 0.1) is 0 Å². The summed E-state index contributed by atoms with van der Waals surface area (Å²) in [6.07, 6.45) is -0.0297. The van der Waals surface area contributed by atoms with Crippen LogP contribution in [0.25, 0.3) is 0 Å². The highest BCUT2D eigenvalue weighted by atomic mass is 16.6. The van der Waals surface area contributed by atoms with E-state index in [1.807, 2.05) is 6.92 Å². The number of rotatable bonds is 2. The number of nitrogens with one attached hydrogen (secondary N) is 3. The summed E-state index contributed by atoms with van der Waals surface area (Å²) >= 11 is 0. The predicted octanol–water partition coefficient (Wildman–Crippen LogP) is -1.65. The lowest BCUT2D eigenvalue weighted by atomic mass is 9.92. The Kier molecular flexibility index (Phi) is 4.25. The van der Waals surface area contributed by atoms with E-state index in [2.05, 4.69) is 20.6 Å². The van der Waals surface area contributed by atoms with Crippen LogP contribution in [0, 0.1) is 6.92 Å². The molecule has 25 heavy (non-hydrogen) atoms. The number of amides is 1. The Labute approximate surface area is 142 Å². The topological polar surface area (TPSA) is 138 Å². The van der Waals surface area contributed by atoms with Crippen LogP contribution in [0.5, 0.6) is 0 Å². The first kappa shape index (κ1) is 17.4. The van der Waals surface area contributed by atoms with Gasteiger partial charge in [-0.3, -0.25) is 24.5 Å². The number of nitrogens with zero attached hydrogens (tertiary/aromatic N) is 2. The minimum absolute atomic E-state index is 0.216. The molecule has 0 saturated carbocycles. The maximum atomic E-state index is 12.2. The number of aryl methyl sites for hydroxylation is 1. The maximum Gasteiger partial charge on any atom is 0.330 e. The summed E-state index contributed by atoms with van der Waals surface area (Å²) in [7, 11) is 0. The third-order valence-electron chi connectivity index (χ3n) is 4.66. The van der Waals surface area contributed by atoms with Crippen molar-refractivity contribution in [3.05, 3.63) is 32.6 Å². The lowest BCUT2D eigenvalue weighted by Crippen LogP contribution is -2.51. The molecule has 2 bridgehead atoms. The van der Waals surface area contributed by atoms with Crippen LogP contribution in [0.3, 0.4) is 0 Å². The number of aromatic amines is 1. The monoisotopic (exact) mass is 351 g/mol. The zero-order valence-corrected chi connectivity index (χ0v) is 14.2. The minimum Gasteiger partial charge on any atom is -0.388 e. The average Bonchev–Trinajstić information content (AvgIpc) is 2.72. The summed E-state index contributed by atoms with van der Waals surface area (Å²) < 4.78 is 7.26. The number of hydrogen-bond donors (Lipinski definition) is 4. The highest BCUT2D eigenvalue weighted by molar-refractivity contribution is 5.96. The van der Waals surface area contributed by atoms with E-state index in [1.165, 1.54) is 17.7 Å². The number of fused-ring (bicyclic) bond motifs is 2. The zero-order chi connectivity index (χ0) is 18.4. The molecule has 2 aliphatic rings. The molecule has 10 nitrogen and oxygen atoms in total. The van der Waals surface area contributed by atoms with E-state index >= 15 is 0 Å². The second-order valence-corrected chi connectivity index (χ2v) is 6.35. The predicted molar refractivity (Wildman–Crippen MR) is 88.3 cm³/mol. The number of aliphatic hydroxyl groups is 1. The van der Waals surface area contributed by atoms with Gasteiger partial charge >= 0.3 is 5.69 Å². The molecular formula is C15H21N5O5. The summed E-state index contributed by atoms with van der Waals surface area (Å²) in [6.45, 7) is 4.99. The Balaban J connectivity index is 2.09. The molecule has 4 atom stereocenters. The first-order chi connectivity index (χ1) is 11.8. The molecule has 1 saturated heterocycles. The van der Waals surface area contributed by atoms with Gasteiger partial charge in [-0.1, -0.05) is 6.92 Å². The molecule has 1 aromatic heterocycles. The van der Waals surface area contributed by atoms with Gasteiger partial charge in [-0.15, -0.1) is 0 Å². The fraction of sp³-hybridized carbons (Fsp3) is 0.600. The molecule has 136 valence electrons. The first-order valence-electron chi connectivity index (χ1n) is 8.04. The molecular weight excluding hydrogens is 330 g/mol. The molecule has 0 aliphatic carbocycles. The second kappa shape index (κ2) is 6.12. The van der Waals surface area contributed by atoms with Crippen molar-refractivity contribution < 1.29 is 14.6 Å². The van der Waals surface area contributed by atoms with Gasteiger partial charge in [0.1, 0.15) is 17.7 Å². The van der Waals surface area contributed by atoms with Crippen LogP contribution < -0.4 is 21.9 Å². The number of carbonyl (C=O) groups excluding carboxylic acids is 1. The number of guanidine groups is 1. The van der Waals surface area contributed by atoms with Crippen LogP contribution in [0.2, 0.25) is 0 Å². The van der Waals surface area contributed by atoms with Gasteiger partial charge in [0, 0.05) is 25.2 Å². The van der Waals surface area contributed by atoms with E-state index in [4.69, 9.17) is 4.74 Å².